The first-order chi connectivity index (χ1) is 14.0. The highest BCUT2D eigenvalue weighted by Crippen LogP contribution is 2.35. The molecule has 0 amide bonds. The molecule has 2 unspecified atom stereocenters. The van der Waals surface area contributed by atoms with Gasteiger partial charge in [0, 0.05) is 38.5 Å². The van der Waals surface area contributed by atoms with Crippen molar-refractivity contribution < 1.29 is 14.2 Å². The highest BCUT2D eigenvalue weighted by molar-refractivity contribution is 5.28. The Morgan fingerprint density at radius 2 is 2.17 bits per heavy atom. The second-order valence-electron chi connectivity index (χ2n) is 8.50. The quantitative estimate of drug-likeness (QED) is 0.631. The number of hydrogen-bond donors (Lipinski definition) is 1. The summed E-state index contributed by atoms with van der Waals surface area (Å²) in [5, 5.41) is 10.6. The number of methoxy groups -OCH3 is 1. The van der Waals surface area contributed by atoms with Gasteiger partial charge in [-0.15, -0.1) is 0 Å². The molecule has 1 saturated heterocycles. The zero-order valence-corrected chi connectivity index (χ0v) is 17.2. The van der Waals surface area contributed by atoms with Crippen LogP contribution in [0.25, 0.3) is 0 Å². The van der Waals surface area contributed by atoms with E-state index in [1.54, 1.807) is 19.5 Å². The molecule has 3 heterocycles. The van der Waals surface area contributed by atoms with Gasteiger partial charge in [0.2, 0.25) is 5.95 Å². The van der Waals surface area contributed by atoms with Gasteiger partial charge in [-0.3, -0.25) is 4.98 Å². The number of pyridine rings is 2. The van der Waals surface area contributed by atoms with Crippen LogP contribution in [0.15, 0.2) is 30.6 Å². The Morgan fingerprint density at radius 1 is 1.31 bits per heavy atom. The number of rotatable bonds is 4. The molecule has 4 atom stereocenters. The van der Waals surface area contributed by atoms with Crippen molar-refractivity contribution in [3.63, 3.8) is 0 Å². The fourth-order valence-electron chi connectivity index (χ4n) is 5.06. The number of aryl methyl sites for hydroxylation is 2. The maximum absolute atomic E-state index is 13.4. The van der Waals surface area contributed by atoms with Crippen molar-refractivity contribution in [1.29, 1.82) is 0 Å². The molecule has 2 aromatic rings. The number of likely N-dealkylation sites (tertiary alicyclic amines) is 1. The second-order valence-corrected chi connectivity index (χ2v) is 8.50. The minimum absolute atomic E-state index is 0.0595. The summed E-state index contributed by atoms with van der Waals surface area (Å²) in [7, 11) is 1.76. The summed E-state index contributed by atoms with van der Waals surface area (Å²) in [5.74, 6) is 0.236. The van der Waals surface area contributed by atoms with Crippen LogP contribution >= 0.6 is 0 Å². The molecule has 0 spiro atoms. The number of fused-ring (bicyclic) bond motifs is 1. The van der Waals surface area contributed by atoms with E-state index < -0.39 is 12.1 Å². The molecule has 1 N–H and O–H groups in total. The molecule has 2 aliphatic rings. The molecule has 2 aromatic heterocycles. The van der Waals surface area contributed by atoms with Crippen LogP contribution in [0.5, 0.6) is 0 Å². The third-order valence-electron chi connectivity index (χ3n) is 6.60. The van der Waals surface area contributed by atoms with Gasteiger partial charge < -0.3 is 14.7 Å². The van der Waals surface area contributed by atoms with Gasteiger partial charge in [0.1, 0.15) is 0 Å². The molecule has 1 aliphatic heterocycles. The SMILES string of the molecule is COC1CN(C[C@@H]2CCc3cccnc3[C@@H](O)C2)CCC1c1cnc(F)cc1C. The predicted molar refractivity (Wildman–Crippen MR) is 109 cm³/mol. The van der Waals surface area contributed by atoms with Crippen LogP contribution < -0.4 is 0 Å². The van der Waals surface area contributed by atoms with E-state index in [9.17, 15) is 9.50 Å². The molecule has 156 valence electrons. The second kappa shape index (κ2) is 8.86. The normalized spacial score (nSPS) is 28.0. The summed E-state index contributed by atoms with van der Waals surface area (Å²) >= 11 is 0. The number of ether oxygens (including phenoxy) is 1. The number of halogens is 1. The first-order valence-corrected chi connectivity index (χ1v) is 10.5. The number of nitrogens with zero attached hydrogens (tertiary/aromatic N) is 3. The van der Waals surface area contributed by atoms with Gasteiger partial charge in [0.15, 0.2) is 0 Å². The summed E-state index contributed by atoms with van der Waals surface area (Å²) < 4.78 is 19.2. The molecule has 1 aliphatic carbocycles. The van der Waals surface area contributed by atoms with E-state index in [-0.39, 0.29) is 12.0 Å². The Hall–Kier alpha value is -1.89. The Bertz CT molecular complexity index is 847. The Morgan fingerprint density at radius 3 is 2.97 bits per heavy atom. The molecule has 0 radical (unpaired) electrons. The largest absolute Gasteiger partial charge is 0.387 e. The fourth-order valence-corrected chi connectivity index (χ4v) is 5.06. The maximum Gasteiger partial charge on any atom is 0.213 e. The van der Waals surface area contributed by atoms with Gasteiger partial charge in [0.05, 0.1) is 17.9 Å². The molecular formula is C23H30FN3O2. The van der Waals surface area contributed by atoms with Crippen LogP contribution in [-0.4, -0.2) is 52.8 Å². The summed E-state index contributed by atoms with van der Waals surface area (Å²) in [5.41, 5.74) is 4.05. The molecule has 4 rings (SSSR count). The standard InChI is InChI=1S/C23H30FN3O2/c1-15-10-22(24)26-12-19(15)18-7-9-27(14-21(18)29-2)13-16-5-6-17-4-3-8-25-23(17)20(28)11-16/h3-4,8,10,12,16,18,20-21,28H,5-7,9,11,13-14H2,1-2H3/t16-,18?,20+,21?/m1/s1. The van der Waals surface area contributed by atoms with Gasteiger partial charge in [-0.25, -0.2) is 4.98 Å². The molecule has 5 nitrogen and oxygen atoms in total. The van der Waals surface area contributed by atoms with Crippen molar-refractivity contribution in [2.24, 2.45) is 5.92 Å². The third kappa shape index (κ3) is 4.49. The van der Waals surface area contributed by atoms with Crippen LogP contribution in [0.2, 0.25) is 0 Å². The monoisotopic (exact) mass is 399 g/mol. The fraction of sp³-hybridized carbons (Fsp3) is 0.565. The lowest BCUT2D eigenvalue weighted by atomic mass is 9.85. The van der Waals surface area contributed by atoms with E-state index in [4.69, 9.17) is 4.74 Å². The molecule has 0 saturated carbocycles. The lowest BCUT2D eigenvalue weighted by molar-refractivity contribution is 0.00599. The minimum Gasteiger partial charge on any atom is -0.387 e. The lowest BCUT2D eigenvalue weighted by Crippen LogP contribution is -2.45. The highest BCUT2D eigenvalue weighted by Gasteiger charge is 2.33. The lowest BCUT2D eigenvalue weighted by Gasteiger charge is -2.39. The van der Waals surface area contributed by atoms with Crippen LogP contribution in [-0.2, 0) is 11.2 Å². The van der Waals surface area contributed by atoms with Gasteiger partial charge >= 0.3 is 0 Å². The topological polar surface area (TPSA) is 58.5 Å². The molecule has 0 bridgehead atoms. The van der Waals surface area contributed by atoms with Crippen LogP contribution in [0.3, 0.4) is 0 Å². The Labute approximate surface area is 171 Å². The van der Waals surface area contributed by atoms with E-state index in [1.807, 2.05) is 13.0 Å². The van der Waals surface area contributed by atoms with Crippen molar-refractivity contribution in [1.82, 2.24) is 14.9 Å². The van der Waals surface area contributed by atoms with E-state index in [0.29, 0.717) is 5.92 Å². The first-order valence-electron chi connectivity index (χ1n) is 10.5. The van der Waals surface area contributed by atoms with Crippen LogP contribution in [0.4, 0.5) is 4.39 Å². The number of piperidine rings is 1. The van der Waals surface area contributed by atoms with Crippen LogP contribution in [0, 0.1) is 18.8 Å². The Kier molecular flexibility index (Phi) is 6.23. The van der Waals surface area contributed by atoms with Crippen molar-refractivity contribution in [2.75, 3.05) is 26.7 Å². The van der Waals surface area contributed by atoms with Crippen LogP contribution in [0.1, 0.15) is 53.7 Å². The van der Waals surface area contributed by atoms with Crippen molar-refractivity contribution in [3.05, 3.63) is 58.9 Å². The van der Waals surface area contributed by atoms with Gasteiger partial charge in [-0.1, -0.05) is 6.07 Å². The molecule has 6 heteroatoms. The zero-order valence-electron chi connectivity index (χ0n) is 17.2. The molecule has 29 heavy (non-hydrogen) atoms. The summed E-state index contributed by atoms with van der Waals surface area (Å²) in [6.45, 7) is 4.71. The van der Waals surface area contributed by atoms with E-state index in [1.165, 1.54) is 11.6 Å². The average molecular weight is 400 g/mol. The summed E-state index contributed by atoms with van der Waals surface area (Å²) in [6, 6.07) is 5.54. The Balaban J connectivity index is 1.40. The van der Waals surface area contributed by atoms with Gasteiger partial charge in [0.25, 0.3) is 0 Å². The predicted octanol–water partition coefficient (Wildman–Crippen LogP) is 3.41. The number of aromatic nitrogens is 2. The smallest absolute Gasteiger partial charge is 0.213 e. The van der Waals surface area contributed by atoms with Gasteiger partial charge in [-0.2, -0.15) is 4.39 Å². The van der Waals surface area contributed by atoms with Gasteiger partial charge in [-0.05, 0) is 73.9 Å². The maximum atomic E-state index is 13.4. The number of aliphatic hydroxyl groups is 1. The number of aliphatic hydroxyl groups excluding tert-OH is 1. The molecular weight excluding hydrogens is 369 g/mol. The van der Waals surface area contributed by atoms with E-state index >= 15 is 0 Å². The number of hydrogen-bond acceptors (Lipinski definition) is 5. The zero-order chi connectivity index (χ0) is 20.4. The van der Waals surface area contributed by atoms with Crippen molar-refractivity contribution in [3.8, 4) is 0 Å². The first kappa shape index (κ1) is 20.4. The van der Waals surface area contributed by atoms with E-state index in [0.717, 1.165) is 62.1 Å². The van der Waals surface area contributed by atoms with Crippen molar-refractivity contribution in [2.45, 2.75) is 50.7 Å². The third-order valence-corrected chi connectivity index (χ3v) is 6.60. The van der Waals surface area contributed by atoms with E-state index in [2.05, 4.69) is 20.9 Å². The highest BCUT2D eigenvalue weighted by atomic mass is 19.1. The average Bonchev–Trinajstić information content (AvgIpc) is 2.87. The van der Waals surface area contributed by atoms with Crippen molar-refractivity contribution >= 4 is 0 Å². The summed E-state index contributed by atoms with van der Waals surface area (Å²) in [4.78, 5) is 10.7. The minimum atomic E-state index is -0.484. The summed E-state index contributed by atoms with van der Waals surface area (Å²) in [6.07, 6.45) is 6.76. The molecule has 1 fully saturated rings. The molecule has 0 aromatic carbocycles.